The number of fused-ring (bicyclic) bond motifs is 1. The van der Waals surface area contributed by atoms with Gasteiger partial charge in [-0.05, 0) is 25.0 Å². The summed E-state index contributed by atoms with van der Waals surface area (Å²) in [5.41, 5.74) is 0.391. The molecule has 1 aliphatic carbocycles. The first-order chi connectivity index (χ1) is 11.2. The van der Waals surface area contributed by atoms with E-state index in [1.807, 2.05) is 34.9 Å². The highest BCUT2D eigenvalue weighted by molar-refractivity contribution is 5.39. The van der Waals surface area contributed by atoms with Crippen molar-refractivity contribution in [3.05, 3.63) is 68.9 Å². The molecular formula is C16H13N5O2. The van der Waals surface area contributed by atoms with Crippen LogP contribution in [0.4, 0.5) is 0 Å². The SMILES string of the molecule is N#Cc1cn(C2CC2)c(=O)n(Cc2cn3ccccc3n2)c1=O. The first-order valence-electron chi connectivity index (χ1n) is 7.36. The lowest BCUT2D eigenvalue weighted by Crippen LogP contribution is -2.41. The van der Waals surface area contributed by atoms with Crippen LogP contribution in [-0.4, -0.2) is 18.5 Å². The molecule has 1 fully saturated rings. The van der Waals surface area contributed by atoms with Crippen molar-refractivity contribution in [2.75, 3.05) is 0 Å². The van der Waals surface area contributed by atoms with Crippen LogP contribution in [0.25, 0.3) is 5.65 Å². The van der Waals surface area contributed by atoms with Crippen molar-refractivity contribution >= 4 is 5.65 Å². The van der Waals surface area contributed by atoms with E-state index in [1.54, 1.807) is 6.20 Å². The number of hydrogen-bond acceptors (Lipinski definition) is 4. The van der Waals surface area contributed by atoms with Crippen molar-refractivity contribution in [3.63, 3.8) is 0 Å². The van der Waals surface area contributed by atoms with Crippen LogP contribution in [0.3, 0.4) is 0 Å². The van der Waals surface area contributed by atoms with E-state index in [2.05, 4.69) is 4.98 Å². The number of nitriles is 1. The monoisotopic (exact) mass is 307 g/mol. The van der Waals surface area contributed by atoms with Crippen LogP contribution in [0.2, 0.25) is 0 Å². The summed E-state index contributed by atoms with van der Waals surface area (Å²) in [5, 5.41) is 9.14. The van der Waals surface area contributed by atoms with Crippen LogP contribution in [0.15, 0.2) is 46.4 Å². The van der Waals surface area contributed by atoms with E-state index in [9.17, 15) is 9.59 Å². The predicted octanol–water partition coefficient (Wildman–Crippen LogP) is 0.913. The molecule has 0 spiro atoms. The Labute approximate surface area is 130 Å². The topological polar surface area (TPSA) is 85.1 Å². The minimum absolute atomic E-state index is 0.0136. The highest BCUT2D eigenvalue weighted by Gasteiger charge is 2.27. The highest BCUT2D eigenvalue weighted by atomic mass is 16.2. The average molecular weight is 307 g/mol. The van der Waals surface area contributed by atoms with E-state index >= 15 is 0 Å². The normalized spacial score (nSPS) is 14.0. The Kier molecular flexibility index (Phi) is 2.91. The fourth-order valence-electron chi connectivity index (χ4n) is 2.68. The van der Waals surface area contributed by atoms with Crippen LogP contribution in [0, 0.1) is 11.3 Å². The quantitative estimate of drug-likeness (QED) is 0.720. The Hall–Kier alpha value is -3.14. The van der Waals surface area contributed by atoms with Gasteiger partial charge < -0.3 is 4.40 Å². The van der Waals surface area contributed by atoms with Gasteiger partial charge in [-0.15, -0.1) is 0 Å². The lowest BCUT2D eigenvalue weighted by molar-refractivity contribution is 0.584. The van der Waals surface area contributed by atoms with Gasteiger partial charge in [0.15, 0.2) is 0 Å². The fraction of sp³-hybridized carbons (Fsp3) is 0.250. The highest BCUT2D eigenvalue weighted by Crippen LogP contribution is 2.33. The number of hydrogen-bond donors (Lipinski definition) is 0. The molecule has 7 nitrogen and oxygen atoms in total. The molecule has 3 aromatic rings. The van der Waals surface area contributed by atoms with Crippen LogP contribution >= 0.6 is 0 Å². The summed E-state index contributed by atoms with van der Waals surface area (Å²) in [5.74, 6) is 0. The molecule has 23 heavy (non-hydrogen) atoms. The molecular weight excluding hydrogens is 294 g/mol. The van der Waals surface area contributed by atoms with Gasteiger partial charge in [0.1, 0.15) is 17.3 Å². The molecule has 0 unspecified atom stereocenters. The van der Waals surface area contributed by atoms with Crippen molar-refractivity contribution in [2.45, 2.75) is 25.4 Å². The zero-order valence-electron chi connectivity index (χ0n) is 12.2. The maximum Gasteiger partial charge on any atom is 0.331 e. The molecule has 0 aromatic carbocycles. The molecule has 1 saturated carbocycles. The number of rotatable bonds is 3. The Balaban J connectivity index is 1.84. The molecule has 0 amide bonds. The summed E-state index contributed by atoms with van der Waals surface area (Å²) in [6.07, 6.45) is 6.81. The Morgan fingerprint density at radius 1 is 1.26 bits per heavy atom. The van der Waals surface area contributed by atoms with E-state index in [0.717, 1.165) is 23.1 Å². The Bertz CT molecular complexity index is 1030. The number of nitrogens with zero attached hydrogens (tertiary/aromatic N) is 5. The van der Waals surface area contributed by atoms with E-state index in [0.29, 0.717) is 5.69 Å². The maximum atomic E-state index is 12.5. The van der Waals surface area contributed by atoms with Gasteiger partial charge in [-0.3, -0.25) is 13.9 Å². The van der Waals surface area contributed by atoms with Crippen molar-refractivity contribution in [3.8, 4) is 6.07 Å². The first kappa shape index (κ1) is 13.5. The van der Waals surface area contributed by atoms with E-state index in [-0.39, 0.29) is 23.8 Å². The lowest BCUT2D eigenvalue weighted by Gasteiger charge is -2.08. The summed E-state index contributed by atoms with van der Waals surface area (Å²) in [7, 11) is 0. The molecule has 0 radical (unpaired) electrons. The van der Waals surface area contributed by atoms with Gasteiger partial charge in [-0.1, -0.05) is 6.07 Å². The summed E-state index contributed by atoms with van der Waals surface area (Å²) in [6, 6.07) is 7.57. The second kappa shape index (κ2) is 4.95. The molecule has 3 heterocycles. The molecule has 0 aliphatic heterocycles. The number of pyridine rings is 1. The predicted molar refractivity (Wildman–Crippen MR) is 82.2 cm³/mol. The molecule has 4 rings (SSSR count). The fourth-order valence-corrected chi connectivity index (χ4v) is 2.68. The van der Waals surface area contributed by atoms with E-state index < -0.39 is 5.56 Å². The van der Waals surface area contributed by atoms with E-state index in [1.165, 1.54) is 10.8 Å². The number of aromatic nitrogens is 4. The summed E-state index contributed by atoms with van der Waals surface area (Å²) >= 11 is 0. The third-order valence-corrected chi connectivity index (χ3v) is 3.99. The van der Waals surface area contributed by atoms with E-state index in [4.69, 9.17) is 5.26 Å². The van der Waals surface area contributed by atoms with Gasteiger partial charge in [-0.25, -0.2) is 9.78 Å². The third kappa shape index (κ3) is 2.25. The van der Waals surface area contributed by atoms with Gasteiger partial charge in [0.25, 0.3) is 5.56 Å². The third-order valence-electron chi connectivity index (χ3n) is 3.99. The van der Waals surface area contributed by atoms with Crippen molar-refractivity contribution in [1.29, 1.82) is 5.26 Å². The molecule has 7 heteroatoms. The zero-order chi connectivity index (χ0) is 16.0. The smallest absolute Gasteiger partial charge is 0.307 e. The van der Waals surface area contributed by atoms with Gasteiger partial charge in [0, 0.05) is 24.6 Å². The molecule has 0 saturated heterocycles. The summed E-state index contributed by atoms with van der Waals surface area (Å²) in [4.78, 5) is 29.3. The van der Waals surface area contributed by atoms with Gasteiger partial charge in [0.05, 0.1) is 12.2 Å². The molecule has 3 aromatic heterocycles. The molecule has 1 aliphatic rings. The van der Waals surface area contributed by atoms with Crippen LogP contribution in [-0.2, 0) is 6.54 Å². The van der Waals surface area contributed by atoms with Crippen LogP contribution < -0.4 is 11.2 Å². The number of imidazole rings is 1. The van der Waals surface area contributed by atoms with Crippen molar-refractivity contribution in [2.24, 2.45) is 0 Å². The second-order valence-corrected chi connectivity index (χ2v) is 5.67. The second-order valence-electron chi connectivity index (χ2n) is 5.67. The average Bonchev–Trinajstić information content (AvgIpc) is 3.30. The van der Waals surface area contributed by atoms with Crippen LogP contribution in [0.1, 0.15) is 30.1 Å². The van der Waals surface area contributed by atoms with Crippen molar-refractivity contribution in [1.82, 2.24) is 18.5 Å². The van der Waals surface area contributed by atoms with Gasteiger partial charge in [0.2, 0.25) is 0 Å². The lowest BCUT2D eigenvalue weighted by atomic mass is 10.3. The minimum atomic E-state index is -0.563. The van der Waals surface area contributed by atoms with Crippen LogP contribution in [0.5, 0.6) is 0 Å². The minimum Gasteiger partial charge on any atom is -0.307 e. The Morgan fingerprint density at radius 2 is 2.09 bits per heavy atom. The largest absolute Gasteiger partial charge is 0.331 e. The van der Waals surface area contributed by atoms with Gasteiger partial charge in [-0.2, -0.15) is 5.26 Å². The maximum absolute atomic E-state index is 12.5. The Morgan fingerprint density at radius 3 is 2.78 bits per heavy atom. The zero-order valence-corrected chi connectivity index (χ0v) is 12.2. The van der Waals surface area contributed by atoms with Crippen molar-refractivity contribution < 1.29 is 0 Å². The summed E-state index contributed by atoms with van der Waals surface area (Å²) in [6.45, 7) is 0.0571. The molecule has 0 bridgehead atoms. The molecule has 0 N–H and O–H groups in total. The molecule has 0 atom stereocenters. The first-order valence-corrected chi connectivity index (χ1v) is 7.36. The molecule has 114 valence electrons. The standard InChI is InChI=1S/C16H13N5O2/c17-7-11-8-20(13-4-5-13)16(23)21(15(11)22)10-12-9-19-6-2-1-3-14(19)18-12/h1-3,6,8-9,13H,4-5,10H2. The van der Waals surface area contributed by atoms with Gasteiger partial charge >= 0.3 is 5.69 Å². The summed E-state index contributed by atoms with van der Waals surface area (Å²) < 4.78 is 4.42.